The third kappa shape index (κ3) is 2.82. The van der Waals surface area contributed by atoms with E-state index in [9.17, 15) is 9.18 Å². The van der Waals surface area contributed by atoms with E-state index in [4.69, 9.17) is 11.6 Å². The molecule has 2 aromatic rings. The predicted octanol–water partition coefficient (Wildman–Crippen LogP) is 2.13. The van der Waals surface area contributed by atoms with Crippen LogP contribution in [0.15, 0.2) is 30.6 Å². The minimum atomic E-state index is -0.609. The number of hydrogen-bond donors (Lipinski definition) is 2. The molecular weight excluding hydrogens is 245 g/mol. The van der Waals surface area contributed by atoms with Crippen LogP contribution in [-0.2, 0) is 6.54 Å². The standard InChI is InChI=1S/C11H9ClFN3O/c12-9-2-1-8(3-10(9)13)11(17)14-4-7-5-15-16-6-7/h1-3,5-6H,4H2,(H,14,17)(H,15,16). The molecular formula is C11H9ClFN3O. The van der Waals surface area contributed by atoms with Crippen LogP contribution < -0.4 is 5.32 Å². The lowest BCUT2D eigenvalue weighted by Gasteiger charge is -2.04. The van der Waals surface area contributed by atoms with E-state index >= 15 is 0 Å². The van der Waals surface area contributed by atoms with Gasteiger partial charge in [0.15, 0.2) is 0 Å². The van der Waals surface area contributed by atoms with E-state index in [0.717, 1.165) is 11.6 Å². The number of carbonyl (C=O) groups excluding carboxylic acids is 1. The zero-order valence-electron chi connectivity index (χ0n) is 8.71. The van der Waals surface area contributed by atoms with Crippen LogP contribution in [0.2, 0.25) is 5.02 Å². The summed E-state index contributed by atoms with van der Waals surface area (Å²) in [6, 6.07) is 3.92. The second kappa shape index (κ2) is 4.97. The summed E-state index contributed by atoms with van der Waals surface area (Å²) >= 11 is 5.52. The zero-order chi connectivity index (χ0) is 12.3. The highest BCUT2D eigenvalue weighted by Crippen LogP contribution is 2.15. The van der Waals surface area contributed by atoms with Crippen molar-refractivity contribution in [2.75, 3.05) is 0 Å². The van der Waals surface area contributed by atoms with Crippen LogP contribution >= 0.6 is 11.6 Å². The highest BCUT2D eigenvalue weighted by Gasteiger charge is 2.08. The average molecular weight is 254 g/mol. The van der Waals surface area contributed by atoms with Crippen molar-refractivity contribution in [2.45, 2.75) is 6.54 Å². The zero-order valence-corrected chi connectivity index (χ0v) is 9.46. The van der Waals surface area contributed by atoms with Gasteiger partial charge in [-0.15, -0.1) is 0 Å². The summed E-state index contributed by atoms with van der Waals surface area (Å²) in [6.45, 7) is 0.333. The van der Waals surface area contributed by atoms with Crippen LogP contribution in [0.4, 0.5) is 4.39 Å². The lowest BCUT2D eigenvalue weighted by molar-refractivity contribution is 0.0950. The van der Waals surface area contributed by atoms with E-state index in [1.54, 1.807) is 12.4 Å². The van der Waals surface area contributed by atoms with E-state index in [1.807, 2.05) is 0 Å². The summed E-state index contributed by atoms with van der Waals surface area (Å²) in [5, 5.41) is 9.01. The van der Waals surface area contributed by atoms with Gasteiger partial charge in [-0.2, -0.15) is 5.10 Å². The lowest BCUT2D eigenvalue weighted by Crippen LogP contribution is -2.22. The van der Waals surface area contributed by atoms with E-state index in [0.29, 0.717) is 6.54 Å². The van der Waals surface area contributed by atoms with Gasteiger partial charge in [0.05, 0.1) is 11.2 Å². The van der Waals surface area contributed by atoms with Crippen molar-refractivity contribution in [1.29, 1.82) is 0 Å². The molecule has 2 rings (SSSR count). The van der Waals surface area contributed by atoms with Gasteiger partial charge in [-0.1, -0.05) is 11.6 Å². The largest absolute Gasteiger partial charge is 0.348 e. The summed E-state index contributed by atoms with van der Waals surface area (Å²) in [4.78, 5) is 11.7. The Labute approximate surface area is 102 Å². The van der Waals surface area contributed by atoms with Gasteiger partial charge in [0.25, 0.3) is 5.91 Å². The number of rotatable bonds is 3. The van der Waals surface area contributed by atoms with Crippen LogP contribution in [0.1, 0.15) is 15.9 Å². The summed E-state index contributed by atoms with van der Waals surface area (Å²) < 4.78 is 13.1. The molecule has 0 bridgehead atoms. The van der Waals surface area contributed by atoms with Crippen LogP contribution in [0, 0.1) is 5.82 Å². The highest BCUT2D eigenvalue weighted by molar-refractivity contribution is 6.30. The minimum Gasteiger partial charge on any atom is -0.348 e. The van der Waals surface area contributed by atoms with Crippen molar-refractivity contribution >= 4 is 17.5 Å². The lowest BCUT2D eigenvalue weighted by atomic mass is 10.2. The van der Waals surface area contributed by atoms with Crippen molar-refractivity contribution in [3.05, 3.63) is 52.6 Å². The number of halogens is 2. The van der Waals surface area contributed by atoms with Crippen molar-refractivity contribution < 1.29 is 9.18 Å². The molecule has 88 valence electrons. The molecule has 0 fully saturated rings. The Balaban J connectivity index is 2.02. The third-order valence-electron chi connectivity index (χ3n) is 2.19. The maximum Gasteiger partial charge on any atom is 0.251 e. The van der Waals surface area contributed by atoms with Gasteiger partial charge in [-0.05, 0) is 18.2 Å². The minimum absolute atomic E-state index is 0.00335. The molecule has 4 nitrogen and oxygen atoms in total. The third-order valence-corrected chi connectivity index (χ3v) is 2.50. The molecule has 0 saturated carbocycles. The number of aromatic nitrogens is 2. The monoisotopic (exact) mass is 253 g/mol. The first-order valence-electron chi connectivity index (χ1n) is 4.88. The van der Waals surface area contributed by atoms with Crippen molar-refractivity contribution in [3.63, 3.8) is 0 Å². The Kier molecular flexibility index (Phi) is 3.39. The number of nitrogens with zero attached hydrogens (tertiary/aromatic N) is 1. The van der Waals surface area contributed by atoms with Crippen molar-refractivity contribution in [1.82, 2.24) is 15.5 Å². The van der Waals surface area contributed by atoms with Crippen LogP contribution in [0.5, 0.6) is 0 Å². The molecule has 2 N–H and O–H groups in total. The van der Waals surface area contributed by atoms with Crippen molar-refractivity contribution in [3.8, 4) is 0 Å². The molecule has 0 aliphatic rings. The van der Waals surface area contributed by atoms with E-state index < -0.39 is 5.82 Å². The Morgan fingerprint density at radius 1 is 1.53 bits per heavy atom. The number of H-pyrrole nitrogens is 1. The summed E-state index contributed by atoms with van der Waals surface area (Å²) in [6.07, 6.45) is 3.27. The second-order valence-corrected chi connectivity index (χ2v) is 3.83. The molecule has 0 radical (unpaired) electrons. The molecule has 0 spiro atoms. The number of carbonyl (C=O) groups is 1. The molecule has 1 aromatic carbocycles. The maximum absolute atomic E-state index is 13.1. The van der Waals surface area contributed by atoms with Gasteiger partial charge in [0.1, 0.15) is 5.82 Å². The van der Waals surface area contributed by atoms with Gasteiger partial charge in [-0.25, -0.2) is 4.39 Å². The van der Waals surface area contributed by atoms with Gasteiger partial charge in [-0.3, -0.25) is 9.89 Å². The number of benzene rings is 1. The van der Waals surface area contributed by atoms with Gasteiger partial charge < -0.3 is 5.32 Å². The first-order valence-corrected chi connectivity index (χ1v) is 5.25. The van der Waals surface area contributed by atoms with Crippen molar-refractivity contribution in [2.24, 2.45) is 0 Å². The van der Waals surface area contributed by atoms with Crippen LogP contribution in [0.25, 0.3) is 0 Å². The molecule has 1 aromatic heterocycles. The SMILES string of the molecule is O=C(NCc1cn[nH]c1)c1ccc(Cl)c(F)c1. The fourth-order valence-corrected chi connectivity index (χ4v) is 1.41. The smallest absolute Gasteiger partial charge is 0.251 e. The topological polar surface area (TPSA) is 57.8 Å². The Morgan fingerprint density at radius 3 is 3.00 bits per heavy atom. The number of amides is 1. The maximum atomic E-state index is 13.1. The highest BCUT2D eigenvalue weighted by atomic mass is 35.5. The molecule has 0 unspecified atom stereocenters. The fourth-order valence-electron chi connectivity index (χ4n) is 1.30. The molecule has 1 heterocycles. The quantitative estimate of drug-likeness (QED) is 0.880. The molecule has 1 amide bonds. The molecule has 0 saturated heterocycles. The summed E-state index contributed by atoms with van der Waals surface area (Å²) in [5.74, 6) is -0.968. The number of nitrogens with one attached hydrogen (secondary N) is 2. The van der Waals surface area contributed by atoms with Gasteiger partial charge in [0.2, 0.25) is 0 Å². The normalized spacial score (nSPS) is 10.2. The Morgan fingerprint density at radius 2 is 2.35 bits per heavy atom. The number of aromatic amines is 1. The van der Waals surface area contributed by atoms with E-state index in [-0.39, 0.29) is 16.5 Å². The Bertz CT molecular complexity index is 528. The van der Waals surface area contributed by atoms with Crippen LogP contribution in [0.3, 0.4) is 0 Å². The first kappa shape index (κ1) is 11.6. The van der Waals surface area contributed by atoms with Gasteiger partial charge >= 0.3 is 0 Å². The molecule has 6 heteroatoms. The molecule has 0 aliphatic carbocycles. The van der Waals surface area contributed by atoms with Gasteiger partial charge in [0, 0.05) is 23.9 Å². The molecule has 0 aliphatic heterocycles. The molecule has 0 atom stereocenters. The van der Waals surface area contributed by atoms with Crippen LogP contribution in [-0.4, -0.2) is 16.1 Å². The van der Waals surface area contributed by atoms with E-state index in [1.165, 1.54) is 12.1 Å². The summed E-state index contributed by atoms with van der Waals surface area (Å²) in [5.41, 5.74) is 1.07. The fraction of sp³-hybridized carbons (Fsp3) is 0.0909. The molecule has 17 heavy (non-hydrogen) atoms. The Hall–Kier alpha value is -1.88. The summed E-state index contributed by atoms with van der Waals surface area (Å²) in [7, 11) is 0. The van der Waals surface area contributed by atoms with E-state index in [2.05, 4.69) is 15.5 Å². The predicted molar refractivity (Wildman–Crippen MR) is 61.2 cm³/mol. The number of hydrogen-bond acceptors (Lipinski definition) is 2. The average Bonchev–Trinajstić information content (AvgIpc) is 2.82. The first-order chi connectivity index (χ1) is 8.16. The second-order valence-electron chi connectivity index (χ2n) is 3.42.